The summed E-state index contributed by atoms with van der Waals surface area (Å²) in [5.74, 6) is -0.145. The molecule has 23 heavy (non-hydrogen) atoms. The molecule has 1 heterocycles. The van der Waals surface area contributed by atoms with Crippen LogP contribution in [0.1, 0.15) is 27.4 Å². The standard InChI is InChI=1S/C15H18N2O5S/c1-10-14(11(2)22-17-10)23(19,20)16-9-8-12-4-6-13(7-5-12)15(18)21-3/h4-7,16H,8-9H2,1-3H3. The lowest BCUT2D eigenvalue weighted by molar-refractivity contribution is 0.0600. The van der Waals surface area contributed by atoms with Crippen molar-refractivity contribution in [2.45, 2.75) is 25.2 Å². The van der Waals surface area contributed by atoms with Crippen LogP contribution in [0.5, 0.6) is 0 Å². The third-order valence-corrected chi connectivity index (χ3v) is 5.02. The zero-order valence-electron chi connectivity index (χ0n) is 13.1. The van der Waals surface area contributed by atoms with E-state index >= 15 is 0 Å². The minimum absolute atomic E-state index is 0.0820. The molecular formula is C15H18N2O5S. The van der Waals surface area contributed by atoms with Gasteiger partial charge < -0.3 is 9.26 Å². The number of aromatic nitrogens is 1. The van der Waals surface area contributed by atoms with Gasteiger partial charge in [-0.2, -0.15) is 0 Å². The predicted octanol–water partition coefficient (Wildman–Crippen LogP) is 1.60. The maximum Gasteiger partial charge on any atom is 0.337 e. The molecule has 0 fully saturated rings. The van der Waals surface area contributed by atoms with E-state index in [0.717, 1.165) is 5.56 Å². The van der Waals surface area contributed by atoms with Crippen molar-refractivity contribution in [3.63, 3.8) is 0 Å². The van der Waals surface area contributed by atoms with Gasteiger partial charge in [0.05, 0.1) is 12.7 Å². The Labute approximate surface area is 134 Å². The number of hydrogen-bond donors (Lipinski definition) is 1. The number of ether oxygens (including phenoxy) is 1. The first-order chi connectivity index (χ1) is 10.8. The van der Waals surface area contributed by atoms with Crippen molar-refractivity contribution >= 4 is 16.0 Å². The van der Waals surface area contributed by atoms with E-state index in [-0.39, 0.29) is 17.2 Å². The first kappa shape index (κ1) is 17.2. The zero-order chi connectivity index (χ0) is 17.0. The zero-order valence-corrected chi connectivity index (χ0v) is 13.9. The first-order valence-electron chi connectivity index (χ1n) is 6.95. The number of benzene rings is 1. The second-order valence-electron chi connectivity index (χ2n) is 4.99. The maximum absolute atomic E-state index is 12.2. The number of nitrogens with one attached hydrogen (secondary N) is 1. The van der Waals surface area contributed by atoms with Crippen molar-refractivity contribution < 1.29 is 22.5 Å². The second-order valence-corrected chi connectivity index (χ2v) is 6.69. The normalized spacial score (nSPS) is 11.4. The Balaban J connectivity index is 1.98. The van der Waals surface area contributed by atoms with E-state index in [9.17, 15) is 13.2 Å². The first-order valence-corrected chi connectivity index (χ1v) is 8.43. The number of rotatable bonds is 6. The molecule has 1 N–H and O–H groups in total. The monoisotopic (exact) mass is 338 g/mol. The minimum Gasteiger partial charge on any atom is -0.465 e. The van der Waals surface area contributed by atoms with Gasteiger partial charge in [-0.25, -0.2) is 17.9 Å². The number of carbonyl (C=O) groups is 1. The van der Waals surface area contributed by atoms with Gasteiger partial charge >= 0.3 is 5.97 Å². The van der Waals surface area contributed by atoms with Gasteiger partial charge in [0.25, 0.3) is 0 Å². The summed E-state index contributed by atoms with van der Waals surface area (Å²) >= 11 is 0. The number of sulfonamides is 1. The molecule has 0 bridgehead atoms. The quantitative estimate of drug-likeness (QED) is 0.803. The molecule has 7 nitrogen and oxygen atoms in total. The predicted molar refractivity (Wildman–Crippen MR) is 82.7 cm³/mol. The highest BCUT2D eigenvalue weighted by Crippen LogP contribution is 2.18. The van der Waals surface area contributed by atoms with Crippen molar-refractivity contribution in [1.82, 2.24) is 9.88 Å². The summed E-state index contributed by atoms with van der Waals surface area (Å²) in [6, 6.07) is 6.81. The lowest BCUT2D eigenvalue weighted by Gasteiger charge is -2.07. The molecule has 0 radical (unpaired) electrons. The molecule has 0 aliphatic heterocycles. The van der Waals surface area contributed by atoms with Gasteiger partial charge in [-0.1, -0.05) is 17.3 Å². The third-order valence-electron chi connectivity index (χ3n) is 3.32. The fourth-order valence-corrected chi connectivity index (χ4v) is 3.54. The molecule has 2 aromatic rings. The highest BCUT2D eigenvalue weighted by atomic mass is 32.2. The van der Waals surface area contributed by atoms with Crippen molar-refractivity contribution in [2.75, 3.05) is 13.7 Å². The summed E-state index contributed by atoms with van der Waals surface area (Å²) in [5.41, 5.74) is 1.68. The Morgan fingerprint density at radius 1 is 1.26 bits per heavy atom. The van der Waals surface area contributed by atoms with Crippen LogP contribution in [0.4, 0.5) is 0 Å². The van der Waals surface area contributed by atoms with E-state index in [2.05, 4.69) is 14.6 Å². The van der Waals surface area contributed by atoms with Crippen LogP contribution in [0.15, 0.2) is 33.7 Å². The summed E-state index contributed by atoms with van der Waals surface area (Å²) in [4.78, 5) is 11.4. The molecule has 0 aliphatic rings. The van der Waals surface area contributed by atoms with Crippen LogP contribution in [-0.2, 0) is 21.2 Å². The summed E-state index contributed by atoms with van der Waals surface area (Å²) in [5, 5.41) is 3.65. The van der Waals surface area contributed by atoms with Gasteiger partial charge in [0, 0.05) is 6.54 Å². The Morgan fingerprint density at radius 3 is 2.43 bits per heavy atom. The molecule has 0 saturated heterocycles. The number of aryl methyl sites for hydroxylation is 2. The van der Waals surface area contributed by atoms with Crippen LogP contribution in [0.25, 0.3) is 0 Å². The van der Waals surface area contributed by atoms with Gasteiger partial charge in [0.1, 0.15) is 10.6 Å². The SMILES string of the molecule is COC(=O)c1ccc(CCNS(=O)(=O)c2c(C)noc2C)cc1. The fourth-order valence-electron chi connectivity index (χ4n) is 2.19. The van der Waals surface area contributed by atoms with E-state index < -0.39 is 16.0 Å². The Kier molecular flexibility index (Phi) is 5.17. The maximum atomic E-state index is 12.2. The summed E-state index contributed by atoms with van der Waals surface area (Å²) in [6.45, 7) is 3.36. The molecule has 8 heteroatoms. The van der Waals surface area contributed by atoms with Crippen LogP contribution in [0.3, 0.4) is 0 Å². The third kappa shape index (κ3) is 3.96. The smallest absolute Gasteiger partial charge is 0.337 e. The van der Waals surface area contributed by atoms with Gasteiger partial charge in [0.2, 0.25) is 10.0 Å². The number of carbonyl (C=O) groups excluding carboxylic acids is 1. The van der Waals surface area contributed by atoms with Crippen molar-refractivity contribution in [2.24, 2.45) is 0 Å². The van der Waals surface area contributed by atoms with Crippen LogP contribution >= 0.6 is 0 Å². The Bertz CT molecular complexity index is 774. The number of esters is 1. The lowest BCUT2D eigenvalue weighted by Crippen LogP contribution is -2.26. The highest BCUT2D eigenvalue weighted by molar-refractivity contribution is 7.89. The van der Waals surface area contributed by atoms with E-state index in [1.54, 1.807) is 38.1 Å². The molecule has 2 rings (SSSR count). The number of hydrogen-bond acceptors (Lipinski definition) is 6. The van der Waals surface area contributed by atoms with Gasteiger partial charge in [-0.05, 0) is 38.0 Å². The highest BCUT2D eigenvalue weighted by Gasteiger charge is 2.23. The lowest BCUT2D eigenvalue weighted by atomic mass is 10.1. The summed E-state index contributed by atoms with van der Waals surface area (Å²) in [6.07, 6.45) is 0.490. The fraction of sp³-hybridized carbons (Fsp3) is 0.333. The van der Waals surface area contributed by atoms with E-state index in [0.29, 0.717) is 17.7 Å². The van der Waals surface area contributed by atoms with E-state index in [1.165, 1.54) is 7.11 Å². The van der Waals surface area contributed by atoms with Gasteiger partial charge in [-0.15, -0.1) is 0 Å². The van der Waals surface area contributed by atoms with Crippen molar-refractivity contribution in [3.8, 4) is 0 Å². The van der Waals surface area contributed by atoms with Crippen molar-refractivity contribution in [3.05, 3.63) is 46.8 Å². The molecule has 0 atom stereocenters. The van der Waals surface area contributed by atoms with Crippen LogP contribution in [0, 0.1) is 13.8 Å². The molecule has 1 aromatic carbocycles. The van der Waals surface area contributed by atoms with Gasteiger partial charge in [-0.3, -0.25) is 0 Å². The summed E-state index contributed by atoms with van der Waals surface area (Å²) in [7, 11) is -2.34. The van der Waals surface area contributed by atoms with E-state index in [4.69, 9.17) is 4.52 Å². The topological polar surface area (TPSA) is 98.5 Å². The minimum atomic E-state index is -3.65. The second kappa shape index (κ2) is 6.93. The van der Waals surface area contributed by atoms with Crippen LogP contribution in [0.2, 0.25) is 0 Å². The molecule has 1 aromatic heterocycles. The molecule has 0 saturated carbocycles. The van der Waals surface area contributed by atoms with E-state index in [1.807, 2.05) is 0 Å². The van der Waals surface area contributed by atoms with Crippen molar-refractivity contribution in [1.29, 1.82) is 0 Å². The summed E-state index contributed by atoms with van der Waals surface area (Å²) < 4.78 is 36.5. The number of nitrogens with zero attached hydrogens (tertiary/aromatic N) is 1. The molecule has 0 spiro atoms. The molecular weight excluding hydrogens is 320 g/mol. The number of methoxy groups -OCH3 is 1. The van der Waals surface area contributed by atoms with Crippen LogP contribution < -0.4 is 4.72 Å². The molecule has 0 amide bonds. The Hall–Kier alpha value is -2.19. The Morgan fingerprint density at radius 2 is 1.91 bits per heavy atom. The molecule has 124 valence electrons. The average Bonchev–Trinajstić information content (AvgIpc) is 2.86. The largest absolute Gasteiger partial charge is 0.465 e. The van der Waals surface area contributed by atoms with Crippen LogP contribution in [-0.4, -0.2) is 33.2 Å². The molecule has 0 unspecified atom stereocenters. The molecule has 0 aliphatic carbocycles. The van der Waals surface area contributed by atoms with Gasteiger partial charge in [0.15, 0.2) is 5.76 Å². The average molecular weight is 338 g/mol.